The third kappa shape index (κ3) is 8.27. The first-order valence-corrected chi connectivity index (χ1v) is 10.1. The number of halogens is 1. The van der Waals surface area contributed by atoms with Crippen molar-refractivity contribution in [2.75, 3.05) is 67.6 Å². The molecular weight excluding hydrogens is 497 g/mol. The summed E-state index contributed by atoms with van der Waals surface area (Å²) in [4.78, 5) is 20.4. The van der Waals surface area contributed by atoms with Crippen LogP contribution in [0.3, 0.4) is 0 Å². The van der Waals surface area contributed by atoms with Crippen LogP contribution in [-0.2, 0) is 9.53 Å². The first-order valence-electron chi connectivity index (χ1n) is 10.1. The van der Waals surface area contributed by atoms with E-state index in [1.54, 1.807) is 28.3 Å². The first-order chi connectivity index (χ1) is 14.1. The number of nitrogens with one attached hydrogen (secondary N) is 2. The standard InChI is InChI=1S/C21H35N5O3.HI/c1-25(2)20(27)16-24-21(22-11-14-28-3)23-15-18(26-12-7-8-13-26)17-9-5-6-10-19(17)29-4;/h5-6,9-10,18H,7-8,11-16H2,1-4H3,(H2,22,23,24);1H. The largest absolute Gasteiger partial charge is 0.496 e. The highest BCUT2D eigenvalue weighted by atomic mass is 127. The minimum absolute atomic E-state index is 0. The smallest absolute Gasteiger partial charge is 0.243 e. The second-order valence-electron chi connectivity index (χ2n) is 7.25. The van der Waals surface area contributed by atoms with Gasteiger partial charge in [0.2, 0.25) is 5.91 Å². The molecule has 1 atom stereocenters. The van der Waals surface area contributed by atoms with Gasteiger partial charge >= 0.3 is 0 Å². The quantitative estimate of drug-likeness (QED) is 0.207. The van der Waals surface area contributed by atoms with Gasteiger partial charge in [0.25, 0.3) is 0 Å². The lowest BCUT2D eigenvalue weighted by molar-refractivity contribution is -0.127. The predicted molar refractivity (Wildman–Crippen MR) is 131 cm³/mol. The highest BCUT2D eigenvalue weighted by Gasteiger charge is 2.26. The van der Waals surface area contributed by atoms with Gasteiger partial charge in [-0.1, -0.05) is 18.2 Å². The average molecular weight is 533 g/mol. The molecule has 0 spiro atoms. The zero-order valence-electron chi connectivity index (χ0n) is 18.5. The molecule has 0 bridgehead atoms. The molecule has 0 aliphatic carbocycles. The zero-order chi connectivity index (χ0) is 21.1. The van der Waals surface area contributed by atoms with E-state index in [2.05, 4.69) is 26.6 Å². The van der Waals surface area contributed by atoms with Crippen LogP contribution in [0, 0.1) is 0 Å². The van der Waals surface area contributed by atoms with E-state index in [1.165, 1.54) is 17.7 Å². The number of carbonyl (C=O) groups excluding carboxylic acids is 1. The van der Waals surface area contributed by atoms with Crippen molar-refractivity contribution in [1.82, 2.24) is 20.4 Å². The van der Waals surface area contributed by atoms with Gasteiger partial charge in [-0.2, -0.15) is 0 Å². The lowest BCUT2D eigenvalue weighted by Gasteiger charge is -2.30. The van der Waals surface area contributed by atoms with E-state index in [-0.39, 0.29) is 42.5 Å². The molecule has 1 saturated heterocycles. The number of rotatable bonds is 10. The fourth-order valence-electron chi connectivity index (χ4n) is 3.36. The normalized spacial score (nSPS) is 15.3. The van der Waals surface area contributed by atoms with Gasteiger partial charge in [0, 0.05) is 39.9 Å². The molecule has 2 N–H and O–H groups in total. The van der Waals surface area contributed by atoms with Crippen molar-refractivity contribution in [1.29, 1.82) is 0 Å². The van der Waals surface area contributed by atoms with Gasteiger partial charge in [-0.15, -0.1) is 24.0 Å². The summed E-state index contributed by atoms with van der Waals surface area (Å²) in [6.45, 7) is 4.06. The molecular formula is C21H36IN5O3. The summed E-state index contributed by atoms with van der Waals surface area (Å²) in [7, 11) is 6.83. The Hall–Kier alpha value is -1.59. The number of guanidine groups is 1. The van der Waals surface area contributed by atoms with Gasteiger partial charge in [-0.25, -0.2) is 4.99 Å². The summed E-state index contributed by atoms with van der Waals surface area (Å²) in [5.41, 5.74) is 1.16. The zero-order valence-corrected chi connectivity index (χ0v) is 20.8. The van der Waals surface area contributed by atoms with Crippen molar-refractivity contribution in [3.8, 4) is 5.75 Å². The van der Waals surface area contributed by atoms with Gasteiger partial charge < -0.3 is 25.0 Å². The van der Waals surface area contributed by atoms with Crippen molar-refractivity contribution < 1.29 is 14.3 Å². The number of amides is 1. The van der Waals surface area contributed by atoms with Crippen molar-refractivity contribution in [2.45, 2.75) is 18.9 Å². The SMILES string of the molecule is COCCNC(=NCC(=O)N(C)C)NCC(c1ccccc1OC)N1CCCC1.I. The van der Waals surface area contributed by atoms with E-state index in [1.807, 2.05) is 18.2 Å². The van der Waals surface area contributed by atoms with Gasteiger partial charge in [-0.05, 0) is 32.0 Å². The number of methoxy groups -OCH3 is 2. The number of benzene rings is 1. The van der Waals surface area contributed by atoms with Crippen molar-refractivity contribution in [3.05, 3.63) is 29.8 Å². The van der Waals surface area contributed by atoms with E-state index in [0.29, 0.717) is 25.7 Å². The fraction of sp³-hybridized carbons (Fsp3) is 0.619. The number of hydrogen-bond donors (Lipinski definition) is 2. The number of para-hydroxylation sites is 1. The molecule has 9 heteroatoms. The van der Waals surface area contributed by atoms with Gasteiger partial charge in [-0.3, -0.25) is 9.69 Å². The van der Waals surface area contributed by atoms with E-state index in [4.69, 9.17) is 9.47 Å². The van der Waals surface area contributed by atoms with Crippen LogP contribution in [0.2, 0.25) is 0 Å². The summed E-state index contributed by atoms with van der Waals surface area (Å²) in [6.07, 6.45) is 2.41. The Bertz CT molecular complexity index is 666. The molecule has 30 heavy (non-hydrogen) atoms. The molecule has 1 amide bonds. The van der Waals surface area contributed by atoms with Crippen LogP contribution in [0.5, 0.6) is 5.75 Å². The number of likely N-dealkylation sites (tertiary alicyclic amines) is 1. The number of hydrogen-bond acceptors (Lipinski definition) is 5. The van der Waals surface area contributed by atoms with Crippen LogP contribution in [-0.4, -0.2) is 89.3 Å². The molecule has 1 heterocycles. The molecule has 0 saturated carbocycles. The molecule has 0 aromatic heterocycles. The first kappa shape index (κ1) is 26.4. The summed E-state index contributed by atoms with van der Waals surface area (Å²) in [5, 5.41) is 6.65. The lowest BCUT2D eigenvalue weighted by atomic mass is 10.0. The Morgan fingerprint density at radius 3 is 2.53 bits per heavy atom. The topological polar surface area (TPSA) is 78.4 Å². The molecule has 2 rings (SSSR count). The average Bonchev–Trinajstić information content (AvgIpc) is 3.26. The van der Waals surface area contributed by atoms with E-state index in [0.717, 1.165) is 24.4 Å². The van der Waals surface area contributed by atoms with Crippen LogP contribution in [0.25, 0.3) is 0 Å². The molecule has 0 radical (unpaired) electrons. The summed E-state index contributed by atoms with van der Waals surface area (Å²) >= 11 is 0. The number of aliphatic imine (C=N–C) groups is 1. The molecule has 1 aliphatic heterocycles. The Labute approximate surface area is 197 Å². The number of nitrogens with zero attached hydrogens (tertiary/aromatic N) is 3. The maximum atomic E-state index is 11.9. The highest BCUT2D eigenvalue weighted by molar-refractivity contribution is 14.0. The molecule has 8 nitrogen and oxygen atoms in total. The number of likely N-dealkylation sites (N-methyl/N-ethyl adjacent to an activating group) is 1. The molecule has 1 unspecified atom stereocenters. The maximum absolute atomic E-state index is 11.9. The Balaban J connectivity index is 0.00000450. The summed E-state index contributed by atoms with van der Waals surface area (Å²) < 4.78 is 10.7. The molecule has 1 aliphatic rings. The lowest BCUT2D eigenvalue weighted by Crippen LogP contribution is -2.44. The van der Waals surface area contributed by atoms with E-state index in [9.17, 15) is 4.79 Å². The second-order valence-corrected chi connectivity index (χ2v) is 7.25. The maximum Gasteiger partial charge on any atom is 0.243 e. The predicted octanol–water partition coefficient (Wildman–Crippen LogP) is 1.72. The highest BCUT2D eigenvalue weighted by Crippen LogP contribution is 2.31. The van der Waals surface area contributed by atoms with Crippen molar-refractivity contribution in [3.63, 3.8) is 0 Å². The van der Waals surface area contributed by atoms with Crippen LogP contribution in [0.4, 0.5) is 0 Å². The van der Waals surface area contributed by atoms with Crippen LogP contribution in [0.15, 0.2) is 29.3 Å². The molecule has 1 aromatic rings. The van der Waals surface area contributed by atoms with Gasteiger partial charge in [0.15, 0.2) is 5.96 Å². The van der Waals surface area contributed by atoms with Gasteiger partial charge in [0.05, 0.1) is 19.8 Å². The van der Waals surface area contributed by atoms with Crippen LogP contribution >= 0.6 is 24.0 Å². The Morgan fingerprint density at radius 2 is 1.90 bits per heavy atom. The third-order valence-electron chi connectivity index (χ3n) is 5.01. The van der Waals surface area contributed by atoms with Crippen LogP contribution in [0.1, 0.15) is 24.4 Å². The number of carbonyl (C=O) groups is 1. The summed E-state index contributed by atoms with van der Waals surface area (Å²) in [6, 6.07) is 8.31. The van der Waals surface area contributed by atoms with Crippen LogP contribution < -0.4 is 15.4 Å². The van der Waals surface area contributed by atoms with E-state index >= 15 is 0 Å². The minimum Gasteiger partial charge on any atom is -0.496 e. The molecule has 170 valence electrons. The monoisotopic (exact) mass is 533 g/mol. The van der Waals surface area contributed by atoms with Crippen molar-refractivity contribution in [2.24, 2.45) is 4.99 Å². The van der Waals surface area contributed by atoms with E-state index < -0.39 is 0 Å². The third-order valence-corrected chi connectivity index (χ3v) is 5.01. The molecule has 1 fully saturated rings. The minimum atomic E-state index is -0.0429. The molecule has 1 aromatic carbocycles. The van der Waals surface area contributed by atoms with Crippen molar-refractivity contribution >= 4 is 35.8 Å². The van der Waals surface area contributed by atoms with Gasteiger partial charge in [0.1, 0.15) is 12.3 Å². The fourth-order valence-corrected chi connectivity index (χ4v) is 3.36. The number of ether oxygens (including phenoxy) is 2. The summed E-state index contributed by atoms with van der Waals surface area (Å²) in [5.74, 6) is 1.45. The Morgan fingerprint density at radius 1 is 1.20 bits per heavy atom. The second kappa shape index (κ2) is 14.4. The Kier molecular flexibility index (Phi) is 12.7.